The van der Waals surface area contributed by atoms with E-state index < -0.39 is 15.4 Å². The standard InChI is InChI=1S/C9H20N2O3S/c1-14-5-4-11-9(7-10)3-2-6-15(12,13)8-9/h11H,2-8,10H2,1H3. The fraction of sp³-hybridized carbons (Fsp3) is 1.00. The number of nitrogens with one attached hydrogen (secondary N) is 1. The van der Waals surface area contributed by atoms with Crippen molar-refractivity contribution in [2.24, 2.45) is 5.73 Å². The minimum atomic E-state index is -2.92. The first-order valence-corrected chi connectivity index (χ1v) is 7.00. The second-order valence-corrected chi connectivity index (χ2v) is 6.28. The SMILES string of the molecule is COCCNC1(CN)CCCS(=O)(=O)C1. The zero-order chi connectivity index (χ0) is 11.4. The van der Waals surface area contributed by atoms with Gasteiger partial charge in [-0.2, -0.15) is 0 Å². The van der Waals surface area contributed by atoms with Crippen molar-refractivity contribution in [3.8, 4) is 0 Å². The van der Waals surface area contributed by atoms with Gasteiger partial charge in [-0.25, -0.2) is 8.42 Å². The monoisotopic (exact) mass is 236 g/mol. The molecule has 1 aliphatic heterocycles. The summed E-state index contributed by atoms with van der Waals surface area (Å²) < 4.78 is 28.0. The number of methoxy groups -OCH3 is 1. The number of ether oxygens (including phenoxy) is 1. The van der Waals surface area contributed by atoms with E-state index >= 15 is 0 Å². The van der Waals surface area contributed by atoms with Gasteiger partial charge in [0.15, 0.2) is 9.84 Å². The molecular weight excluding hydrogens is 216 g/mol. The third-order valence-electron chi connectivity index (χ3n) is 2.80. The molecule has 0 amide bonds. The van der Waals surface area contributed by atoms with E-state index in [-0.39, 0.29) is 5.75 Å². The zero-order valence-electron chi connectivity index (χ0n) is 9.16. The number of rotatable bonds is 5. The number of hydrogen-bond donors (Lipinski definition) is 2. The molecule has 15 heavy (non-hydrogen) atoms. The summed E-state index contributed by atoms with van der Waals surface area (Å²) in [6.45, 7) is 1.57. The predicted octanol–water partition coefficient (Wildman–Crippen LogP) is -0.871. The van der Waals surface area contributed by atoms with Crippen molar-refractivity contribution in [1.29, 1.82) is 0 Å². The van der Waals surface area contributed by atoms with Gasteiger partial charge in [0.25, 0.3) is 0 Å². The Bertz CT molecular complexity index is 292. The number of sulfone groups is 1. The van der Waals surface area contributed by atoms with E-state index in [2.05, 4.69) is 5.32 Å². The molecule has 0 radical (unpaired) electrons. The highest BCUT2D eigenvalue weighted by Crippen LogP contribution is 2.21. The molecular formula is C9H20N2O3S. The van der Waals surface area contributed by atoms with Crippen molar-refractivity contribution < 1.29 is 13.2 Å². The average molecular weight is 236 g/mol. The van der Waals surface area contributed by atoms with Crippen LogP contribution in [0.5, 0.6) is 0 Å². The highest BCUT2D eigenvalue weighted by Gasteiger charge is 2.37. The lowest BCUT2D eigenvalue weighted by atomic mass is 9.95. The van der Waals surface area contributed by atoms with Gasteiger partial charge < -0.3 is 15.8 Å². The van der Waals surface area contributed by atoms with Crippen LogP contribution in [0.15, 0.2) is 0 Å². The first-order chi connectivity index (χ1) is 7.04. The Morgan fingerprint density at radius 1 is 1.53 bits per heavy atom. The minimum absolute atomic E-state index is 0.153. The normalized spacial score (nSPS) is 30.3. The molecule has 5 nitrogen and oxygen atoms in total. The van der Waals surface area contributed by atoms with Crippen LogP contribution in [0.1, 0.15) is 12.8 Å². The molecule has 6 heteroatoms. The highest BCUT2D eigenvalue weighted by atomic mass is 32.2. The molecule has 1 heterocycles. The van der Waals surface area contributed by atoms with Crippen molar-refractivity contribution in [1.82, 2.24) is 5.32 Å². The maximum Gasteiger partial charge on any atom is 0.152 e. The number of nitrogens with two attached hydrogens (primary N) is 1. The van der Waals surface area contributed by atoms with Crippen molar-refractivity contribution in [3.63, 3.8) is 0 Å². The summed E-state index contributed by atoms with van der Waals surface area (Å²) in [7, 11) is -1.30. The van der Waals surface area contributed by atoms with E-state index in [1.54, 1.807) is 7.11 Å². The molecule has 0 aromatic rings. The molecule has 1 unspecified atom stereocenters. The molecule has 1 aliphatic rings. The molecule has 90 valence electrons. The zero-order valence-corrected chi connectivity index (χ0v) is 9.98. The highest BCUT2D eigenvalue weighted by molar-refractivity contribution is 7.91. The molecule has 0 aromatic carbocycles. The van der Waals surface area contributed by atoms with Crippen LogP contribution in [0, 0.1) is 0 Å². The molecule has 1 atom stereocenters. The van der Waals surface area contributed by atoms with E-state index in [0.717, 1.165) is 6.42 Å². The van der Waals surface area contributed by atoms with Crippen molar-refractivity contribution >= 4 is 9.84 Å². The quantitative estimate of drug-likeness (QED) is 0.606. The topological polar surface area (TPSA) is 81.4 Å². The maximum absolute atomic E-state index is 11.5. The maximum atomic E-state index is 11.5. The van der Waals surface area contributed by atoms with Crippen LogP contribution in [0.25, 0.3) is 0 Å². The van der Waals surface area contributed by atoms with E-state index in [1.165, 1.54) is 0 Å². The van der Waals surface area contributed by atoms with E-state index in [4.69, 9.17) is 10.5 Å². The van der Waals surface area contributed by atoms with Gasteiger partial charge in [0.05, 0.1) is 18.1 Å². The summed E-state index contributed by atoms with van der Waals surface area (Å²) in [5.41, 5.74) is 5.24. The summed E-state index contributed by atoms with van der Waals surface area (Å²) in [4.78, 5) is 0. The first kappa shape index (κ1) is 12.9. The predicted molar refractivity (Wildman–Crippen MR) is 59.6 cm³/mol. The van der Waals surface area contributed by atoms with Gasteiger partial charge in [-0.05, 0) is 12.8 Å². The van der Waals surface area contributed by atoms with Crippen molar-refractivity contribution in [2.45, 2.75) is 18.4 Å². The van der Waals surface area contributed by atoms with Gasteiger partial charge in [0.2, 0.25) is 0 Å². The van der Waals surface area contributed by atoms with Crippen LogP contribution in [0.3, 0.4) is 0 Å². The molecule has 1 fully saturated rings. The Balaban J connectivity index is 2.59. The Morgan fingerprint density at radius 2 is 2.27 bits per heavy atom. The largest absolute Gasteiger partial charge is 0.383 e. The van der Waals surface area contributed by atoms with Gasteiger partial charge in [-0.3, -0.25) is 0 Å². The molecule has 1 rings (SSSR count). The molecule has 0 bridgehead atoms. The molecule has 0 saturated carbocycles. The first-order valence-electron chi connectivity index (χ1n) is 5.18. The second kappa shape index (κ2) is 5.25. The Hall–Kier alpha value is -0.170. The van der Waals surface area contributed by atoms with Gasteiger partial charge in [-0.1, -0.05) is 0 Å². The molecule has 1 saturated heterocycles. The summed E-state index contributed by atoms with van der Waals surface area (Å²) in [5, 5.41) is 3.21. The summed E-state index contributed by atoms with van der Waals surface area (Å²) >= 11 is 0. The average Bonchev–Trinajstić information content (AvgIpc) is 2.17. The fourth-order valence-corrected chi connectivity index (χ4v) is 3.92. The lowest BCUT2D eigenvalue weighted by molar-refractivity contribution is 0.184. The third-order valence-corrected chi connectivity index (χ3v) is 4.71. The van der Waals surface area contributed by atoms with E-state index in [0.29, 0.717) is 31.9 Å². The molecule has 3 N–H and O–H groups in total. The van der Waals surface area contributed by atoms with Crippen LogP contribution < -0.4 is 11.1 Å². The molecule has 0 spiro atoms. The van der Waals surface area contributed by atoms with Gasteiger partial charge in [0, 0.05) is 25.7 Å². The Kier molecular flexibility index (Phi) is 4.51. The van der Waals surface area contributed by atoms with Crippen LogP contribution >= 0.6 is 0 Å². The van der Waals surface area contributed by atoms with Crippen LogP contribution in [-0.4, -0.2) is 52.3 Å². The summed E-state index contributed by atoms with van der Waals surface area (Å²) in [6.07, 6.45) is 1.52. The second-order valence-electron chi connectivity index (χ2n) is 4.10. The lowest BCUT2D eigenvalue weighted by Gasteiger charge is -2.36. The van der Waals surface area contributed by atoms with Crippen LogP contribution in [-0.2, 0) is 14.6 Å². The van der Waals surface area contributed by atoms with E-state index in [9.17, 15) is 8.42 Å². The lowest BCUT2D eigenvalue weighted by Crippen LogP contribution is -2.58. The van der Waals surface area contributed by atoms with E-state index in [1.807, 2.05) is 0 Å². The smallest absolute Gasteiger partial charge is 0.152 e. The third kappa shape index (κ3) is 3.71. The molecule has 0 aliphatic carbocycles. The van der Waals surface area contributed by atoms with Gasteiger partial charge in [-0.15, -0.1) is 0 Å². The van der Waals surface area contributed by atoms with Crippen LogP contribution in [0.2, 0.25) is 0 Å². The fourth-order valence-electron chi connectivity index (χ4n) is 1.99. The Morgan fingerprint density at radius 3 is 2.80 bits per heavy atom. The Labute approximate surface area is 91.3 Å². The van der Waals surface area contributed by atoms with Crippen molar-refractivity contribution in [2.75, 3.05) is 38.3 Å². The van der Waals surface area contributed by atoms with Gasteiger partial charge >= 0.3 is 0 Å². The number of hydrogen-bond acceptors (Lipinski definition) is 5. The molecule has 0 aromatic heterocycles. The minimum Gasteiger partial charge on any atom is -0.383 e. The summed E-state index contributed by atoms with van der Waals surface area (Å²) in [6, 6.07) is 0. The summed E-state index contributed by atoms with van der Waals surface area (Å²) in [5.74, 6) is 0.445. The van der Waals surface area contributed by atoms with Crippen LogP contribution in [0.4, 0.5) is 0 Å². The van der Waals surface area contributed by atoms with Gasteiger partial charge in [0.1, 0.15) is 0 Å². The van der Waals surface area contributed by atoms with Crippen molar-refractivity contribution in [3.05, 3.63) is 0 Å².